The molecule has 0 aliphatic carbocycles. The molecule has 1 aromatic carbocycles. The summed E-state index contributed by atoms with van der Waals surface area (Å²) in [4.78, 5) is 8.90. The molecule has 2 heterocycles. The molecule has 1 fully saturated rings. The summed E-state index contributed by atoms with van der Waals surface area (Å²) in [7, 11) is 0. The molecule has 2 atom stereocenters. The van der Waals surface area contributed by atoms with Crippen molar-refractivity contribution in [2.75, 3.05) is 32.7 Å². The van der Waals surface area contributed by atoms with Crippen molar-refractivity contribution >= 4 is 0 Å². The van der Waals surface area contributed by atoms with Crippen LogP contribution in [-0.2, 0) is 0 Å². The second-order valence-electron chi connectivity index (χ2n) is 6.37. The summed E-state index contributed by atoms with van der Waals surface area (Å²) < 4.78 is 13.0. The van der Waals surface area contributed by atoms with E-state index in [1.807, 2.05) is 12.3 Å². The van der Waals surface area contributed by atoms with Crippen molar-refractivity contribution in [1.82, 2.24) is 14.8 Å². The summed E-state index contributed by atoms with van der Waals surface area (Å²) in [6, 6.07) is 10.5. The van der Waals surface area contributed by atoms with E-state index in [1.165, 1.54) is 17.7 Å². The number of benzene rings is 1. The van der Waals surface area contributed by atoms with Crippen LogP contribution in [0.15, 0.2) is 48.8 Å². The average Bonchev–Trinajstić information content (AvgIpc) is 2.63. The topological polar surface area (TPSA) is 39.6 Å². The van der Waals surface area contributed by atoms with Gasteiger partial charge in [-0.25, -0.2) is 4.39 Å². The Hall–Kier alpha value is -1.82. The van der Waals surface area contributed by atoms with Crippen LogP contribution in [0.1, 0.15) is 30.2 Å². The zero-order chi connectivity index (χ0) is 16.9. The zero-order valence-corrected chi connectivity index (χ0v) is 14.0. The van der Waals surface area contributed by atoms with Gasteiger partial charge in [0.25, 0.3) is 0 Å². The second-order valence-corrected chi connectivity index (χ2v) is 6.37. The van der Waals surface area contributed by atoms with Crippen LogP contribution < -0.4 is 0 Å². The van der Waals surface area contributed by atoms with Crippen molar-refractivity contribution in [3.05, 3.63) is 65.7 Å². The molecule has 128 valence electrons. The van der Waals surface area contributed by atoms with Crippen molar-refractivity contribution in [3.8, 4) is 0 Å². The number of aliphatic hydroxyl groups excluding tert-OH is 1. The monoisotopic (exact) mass is 329 g/mol. The van der Waals surface area contributed by atoms with Crippen LogP contribution in [0.4, 0.5) is 4.39 Å². The molecule has 4 nitrogen and oxygen atoms in total. The lowest BCUT2D eigenvalue weighted by Crippen LogP contribution is -2.48. The smallest absolute Gasteiger partial charge is 0.123 e. The third-order valence-corrected chi connectivity index (χ3v) is 4.81. The van der Waals surface area contributed by atoms with Crippen molar-refractivity contribution < 1.29 is 9.50 Å². The molecule has 0 saturated carbocycles. The van der Waals surface area contributed by atoms with Gasteiger partial charge in [0.05, 0.1) is 6.10 Å². The number of halogens is 1. The molecule has 1 saturated heterocycles. The van der Waals surface area contributed by atoms with E-state index in [-0.39, 0.29) is 5.82 Å². The first-order valence-electron chi connectivity index (χ1n) is 8.43. The minimum Gasteiger partial charge on any atom is -0.387 e. The summed E-state index contributed by atoms with van der Waals surface area (Å²) in [5.74, 6) is -0.274. The van der Waals surface area contributed by atoms with Gasteiger partial charge in [0.2, 0.25) is 0 Å². The Morgan fingerprint density at radius 3 is 2.42 bits per heavy atom. The lowest BCUT2D eigenvalue weighted by atomic mass is 10.1. The summed E-state index contributed by atoms with van der Waals surface area (Å²) in [5.41, 5.74) is 2.00. The quantitative estimate of drug-likeness (QED) is 0.915. The van der Waals surface area contributed by atoms with E-state index in [0.717, 1.165) is 31.7 Å². The Balaban J connectivity index is 1.51. The van der Waals surface area contributed by atoms with Crippen molar-refractivity contribution in [1.29, 1.82) is 0 Å². The molecule has 1 N–H and O–H groups in total. The molecule has 2 aromatic rings. The number of hydrogen-bond donors (Lipinski definition) is 1. The molecule has 1 aliphatic rings. The van der Waals surface area contributed by atoms with Crippen LogP contribution in [0.25, 0.3) is 0 Å². The Morgan fingerprint density at radius 1 is 1.08 bits per heavy atom. The van der Waals surface area contributed by atoms with Crippen LogP contribution in [-0.4, -0.2) is 52.6 Å². The van der Waals surface area contributed by atoms with Crippen LogP contribution in [0.5, 0.6) is 0 Å². The van der Waals surface area contributed by atoms with Gasteiger partial charge in [0.15, 0.2) is 0 Å². The maximum atomic E-state index is 13.0. The average molecular weight is 329 g/mol. The maximum absolute atomic E-state index is 13.0. The molecule has 2 unspecified atom stereocenters. The number of pyridine rings is 1. The van der Waals surface area contributed by atoms with Gasteiger partial charge in [-0.05, 0) is 36.2 Å². The highest BCUT2D eigenvalue weighted by Crippen LogP contribution is 2.22. The largest absolute Gasteiger partial charge is 0.387 e. The van der Waals surface area contributed by atoms with Crippen LogP contribution >= 0.6 is 0 Å². The summed E-state index contributed by atoms with van der Waals surface area (Å²) in [6.45, 7) is 6.56. The molecule has 0 bridgehead atoms. The molecule has 0 radical (unpaired) electrons. The lowest BCUT2D eigenvalue weighted by molar-refractivity contribution is 0.0588. The molecule has 24 heavy (non-hydrogen) atoms. The number of rotatable bonds is 5. The number of hydrogen-bond acceptors (Lipinski definition) is 4. The number of piperazine rings is 1. The van der Waals surface area contributed by atoms with Crippen molar-refractivity contribution in [2.45, 2.75) is 19.1 Å². The third-order valence-electron chi connectivity index (χ3n) is 4.81. The van der Waals surface area contributed by atoms with E-state index < -0.39 is 6.10 Å². The standard InChI is InChI=1S/C19H24FN3O/c1-15(17-3-2-8-21-13-17)23-11-9-22(10-12-23)14-19(24)16-4-6-18(20)7-5-16/h2-8,13,15,19,24H,9-12,14H2,1H3. The molecule has 1 aliphatic heterocycles. The molecule has 0 spiro atoms. The van der Waals surface area contributed by atoms with Gasteiger partial charge in [-0.2, -0.15) is 0 Å². The van der Waals surface area contributed by atoms with Gasteiger partial charge in [-0.1, -0.05) is 18.2 Å². The first-order valence-corrected chi connectivity index (χ1v) is 8.43. The minimum atomic E-state index is -0.576. The van der Waals surface area contributed by atoms with Gasteiger partial charge in [-0.3, -0.25) is 14.8 Å². The summed E-state index contributed by atoms with van der Waals surface area (Å²) in [6.07, 6.45) is 3.15. The summed E-state index contributed by atoms with van der Waals surface area (Å²) >= 11 is 0. The van der Waals surface area contributed by atoms with Gasteiger partial charge < -0.3 is 5.11 Å². The van der Waals surface area contributed by atoms with E-state index in [9.17, 15) is 9.50 Å². The van der Waals surface area contributed by atoms with Crippen molar-refractivity contribution in [2.24, 2.45) is 0 Å². The Kier molecular flexibility index (Phi) is 5.56. The van der Waals surface area contributed by atoms with Gasteiger partial charge in [0, 0.05) is 51.2 Å². The van der Waals surface area contributed by atoms with E-state index in [2.05, 4.69) is 27.8 Å². The molecule has 1 aromatic heterocycles. The van der Waals surface area contributed by atoms with Gasteiger partial charge >= 0.3 is 0 Å². The van der Waals surface area contributed by atoms with E-state index in [1.54, 1.807) is 18.3 Å². The Bertz CT molecular complexity index is 627. The molecule has 0 amide bonds. The second kappa shape index (κ2) is 7.83. The van der Waals surface area contributed by atoms with Crippen LogP contribution in [0, 0.1) is 5.82 Å². The molecular weight excluding hydrogens is 305 g/mol. The number of β-amino-alcohol motifs (C(OH)–C–C–N with tert-alkyl or cyclic N) is 1. The Morgan fingerprint density at radius 2 is 1.79 bits per heavy atom. The highest BCUT2D eigenvalue weighted by molar-refractivity contribution is 5.19. The van der Waals surface area contributed by atoms with Gasteiger partial charge in [0.1, 0.15) is 5.82 Å². The highest BCUT2D eigenvalue weighted by Gasteiger charge is 2.23. The number of aliphatic hydroxyl groups is 1. The maximum Gasteiger partial charge on any atom is 0.123 e. The van der Waals surface area contributed by atoms with E-state index in [0.29, 0.717) is 12.6 Å². The molecule has 3 rings (SSSR count). The van der Waals surface area contributed by atoms with E-state index in [4.69, 9.17) is 0 Å². The van der Waals surface area contributed by atoms with E-state index >= 15 is 0 Å². The first-order chi connectivity index (χ1) is 11.6. The fraction of sp³-hybridized carbons (Fsp3) is 0.421. The number of aromatic nitrogens is 1. The summed E-state index contributed by atoms with van der Waals surface area (Å²) in [5, 5.41) is 10.3. The lowest BCUT2D eigenvalue weighted by Gasteiger charge is -2.38. The third kappa shape index (κ3) is 4.17. The SMILES string of the molecule is CC(c1cccnc1)N1CCN(CC(O)c2ccc(F)cc2)CC1. The predicted molar refractivity (Wildman–Crippen MR) is 92.0 cm³/mol. The van der Waals surface area contributed by atoms with Crippen molar-refractivity contribution in [3.63, 3.8) is 0 Å². The fourth-order valence-electron chi connectivity index (χ4n) is 3.20. The number of nitrogens with zero attached hydrogens (tertiary/aromatic N) is 3. The molecular formula is C19H24FN3O. The van der Waals surface area contributed by atoms with Gasteiger partial charge in [-0.15, -0.1) is 0 Å². The fourth-order valence-corrected chi connectivity index (χ4v) is 3.20. The normalized spacial score (nSPS) is 19.1. The minimum absolute atomic E-state index is 0.274. The predicted octanol–water partition coefficient (Wildman–Crippen LogP) is 2.63. The zero-order valence-electron chi connectivity index (χ0n) is 14.0. The Labute approximate surface area is 142 Å². The first kappa shape index (κ1) is 17.0. The van der Waals surface area contributed by atoms with Crippen LogP contribution in [0.2, 0.25) is 0 Å². The molecule has 5 heteroatoms. The highest BCUT2D eigenvalue weighted by atomic mass is 19.1. The van der Waals surface area contributed by atoms with Crippen LogP contribution in [0.3, 0.4) is 0 Å².